The molecule has 1 saturated carbocycles. The van der Waals surface area contributed by atoms with Crippen molar-refractivity contribution in [2.45, 2.75) is 12.6 Å². The van der Waals surface area contributed by atoms with Gasteiger partial charge in [0.05, 0.1) is 5.92 Å². The van der Waals surface area contributed by atoms with Crippen molar-refractivity contribution in [1.29, 1.82) is 0 Å². The molecule has 0 spiro atoms. The SMILES string of the molecule is OC[C@H]1C[C@@H]1C(F)(F)F. The number of aliphatic hydroxyl groups is 1. The fourth-order valence-corrected chi connectivity index (χ4v) is 0.850. The fourth-order valence-electron chi connectivity index (χ4n) is 0.850. The van der Waals surface area contributed by atoms with Crippen LogP contribution in [0.2, 0.25) is 0 Å². The van der Waals surface area contributed by atoms with Gasteiger partial charge in [0.15, 0.2) is 0 Å². The van der Waals surface area contributed by atoms with Crippen LogP contribution in [-0.2, 0) is 0 Å². The van der Waals surface area contributed by atoms with Gasteiger partial charge in [-0.05, 0) is 12.3 Å². The summed E-state index contributed by atoms with van der Waals surface area (Å²) in [5, 5.41) is 8.24. The second-order valence-corrected chi connectivity index (χ2v) is 2.33. The smallest absolute Gasteiger partial charge is 0.392 e. The molecule has 2 atom stereocenters. The molecule has 9 heavy (non-hydrogen) atoms. The summed E-state index contributed by atoms with van der Waals surface area (Å²) in [7, 11) is 0. The molecule has 0 aromatic heterocycles. The number of halogens is 3. The Hall–Kier alpha value is -0.250. The first kappa shape index (κ1) is 6.86. The van der Waals surface area contributed by atoms with E-state index in [1.165, 1.54) is 0 Å². The minimum atomic E-state index is -4.08. The first-order valence-corrected chi connectivity index (χ1v) is 2.73. The summed E-state index contributed by atoms with van der Waals surface area (Å²) >= 11 is 0. The van der Waals surface area contributed by atoms with Crippen molar-refractivity contribution in [3.05, 3.63) is 0 Å². The molecule has 54 valence electrons. The summed E-state index contributed by atoms with van der Waals surface area (Å²) in [6.45, 7) is -0.329. The molecule has 0 aliphatic heterocycles. The third-order valence-electron chi connectivity index (χ3n) is 1.58. The molecule has 1 fully saturated rings. The lowest BCUT2D eigenvalue weighted by Gasteiger charge is -2.02. The van der Waals surface area contributed by atoms with Crippen molar-refractivity contribution < 1.29 is 18.3 Å². The number of aliphatic hydroxyl groups excluding tert-OH is 1. The third-order valence-corrected chi connectivity index (χ3v) is 1.58. The molecule has 0 saturated heterocycles. The van der Waals surface area contributed by atoms with E-state index in [1.807, 2.05) is 0 Å². The van der Waals surface area contributed by atoms with Crippen molar-refractivity contribution in [2.24, 2.45) is 11.8 Å². The Bertz CT molecular complexity index is 109. The quantitative estimate of drug-likeness (QED) is 0.579. The van der Waals surface area contributed by atoms with Crippen LogP contribution < -0.4 is 0 Å². The molecule has 0 radical (unpaired) electrons. The van der Waals surface area contributed by atoms with E-state index in [9.17, 15) is 13.2 Å². The molecule has 1 rings (SSSR count). The number of rotatable bonds is 1. The van der Waals surface area contributed by atoms with E-state index in [2.05, 4.69) is 0 Å². The Balaban J connectivity index is 2.33. The highest BCUT2D eigenvalue weighted by molar-refractivity contribution is 4.90. The van der Waals surface area contributed by atoms with Crippen molar-refractivity contribution in [1.82, 2.24) is 0 Å². The van der Waals surface area contributed by atoms with E-state index < -0.39 is 18.0 Å². The lowest BCUT2D eigenvalue weighted by molar-refractivity contribution is -0.152. The van der Waals surface area contributed by atoms with Crippen LogP contribution in [0, 0.1) is 11.8 Å². The topological polar surface area (TPSA) is 20.2 Å². The van der Waals surface area contributed by atoms with Gasteiger partial charge in [-0.25, -0.2) is 0 Å². The molecule has 0 amide bonds. The van der Waals surface area contributed by atoms with Crippen LogP contribution in [0.5, 0.6) is 0 Å². The minimum Gasteiger partial charge on any atom is -0.396 e. The monoisotopic (exact) mass is 140 g/mol. The first-order valence-electron chi connectivity index (χ1n) is 2.73. The fraction of sp³-hybridized carbons (Fsp3) is 1.00. The lowest BCUT2D eigenvalue weighted by Crippen LogP contribution is -2.12. The van der Waals surface area contributed by atoms with Crippen molar-refractivity contribution in [2.75, 3.05) is 6.61 Å². The highest BCUT2D eigenvalue weighted by Gasteiger charge is 2.55. The van der Waals surface area contributed by atoms with E-state index in [1.54, 1.807) is 0 Å². The lowest BCUT2D eigenvalue weighted by atomic mass is 10.3. The molecular formula is C5H7F3O. The van der Waals surface area contributed by atoms with E-state index in [0.717, 1.165) is 0 Å². The maximum absolute atomic E-state index is 11.6. The van der Waals surface area contributed by atoms with Gasteiger partial charge in [0, 0.05) is 6.61 Å². The van der Waals surface area contributed by atoms with Crippen LogP contribution in [0.1, 0.15) is 6.42 Å². The van der Waals surface area contributed by atoms with Crippen molar-refractivity contribution >= 4 is 0 Å². The first-order chi connectivity index (χ1) is 4.05. The zero-order valence-corrected chi connectivity index (χ0v) is 4.65. The normalized spacial score (nSPS) is 34.7. The Morgan fingerprint density at radius 2 is 2.00 bits per heavy atom. The van der Waals surface area contributed by atoms with Crippen LogP contribution in [0.15, 0.2) is 0 Å². The van der Waals surface area contributed by atoms with Gasteiger partial charge in [-0.15, -0.1) is 0 Å². The molecule has 1 N–H and O–H groups in total. The van der Waals surface area contributed by atoms with Gasteiger partial charge in [0.25, 0.3) is 0 Å². The van der Waals surface area contributed by atoms with Crippen molar-refractivity contribution in [3.8, 4) is 0 Å². The molecule has 0 aromatic rings. The Morgan fingerprint density at radius 3 is 2.11 bits per heavy atom. The number of hydrogen-bond acceptors (Lipinski definition) is 1. The maximum Gasteiger partial charge on any atom is 0.392 e. The summed E-state index contributed by atoms with van der Waals surface area (Å²) in [6.07, 6.45) is -3.96. The van der Waals surface area contributed by atoms with Gasteiger partial charge in [0.1, 0.15) is 0 Å². The van der Waals surface area contributed by atoms with Crippen LogP contribution in [0.4, 0.5) is 13.2 Å². The summed E-state index contributed by atoms with van der Waals surface area (Å²) in [5.41, 5.74) is 0. The Morgan fingerprint density at radius 1 is 1.44 bits per heavy atom. The van der Waals surface area contributed by atoms with Crippen LogP contribution in [-0.4, -0.2) is 17.9 Å². The predicted molar refractivity (Wildman–Crippen MR) is 24.7 cm³/mol. The van der Waals surface area contributed by atoms with Gasteiger partial charge < -0.3 is 5.11 Å². The zero-order valence-electron chi connectivity index (χ0n) is 4.65. The van der Waals surface area contributed by atoms with Crippen LogP contribution in [0.25, 0.3) is 0 Å². The standard InChI is InChI=1S/C5H7F3O/c6-5(7,8)4-1-3(4)2-9/h3-4,9H,1-2H2/t3-,4+/m1/s1. The molecule has 0 aromatic carbocycles. The van der Waals surface area contributed by atoms with Gasteiger partial charge in [-0.2, -0.15) is 13.2 Å². The number of alkyl halides is 3. The molecule has 1 aliphatic rings. The molecule has 4 heteroatoms. The Kier molecular flexibility index (Phi) is 1.42. The molecule has 1 nitrogen and oxygen atoms in total. The predicted octanol–water partition coefficient (Wildman–Crippen LogP) is 1.18. The summed E-state index contributed by atoms with van der Waals surface area (Å²) < 4.78 is 34.7. The Labute approximate surface area is 50.5 Å². The highest BCUT2D eigenvalue weighted by Crippen LogP contribution is 2.49. The second kappa shape index (κ2) is 1.87. The van der Waals surface area contributed by atoms with Crippen molar-refractivity contribution in [3.63, 3.8) is 0 Å². The van der Waals surface area contributed by atoms with E-state index in [-0.39, 0.29) is 13.0 Å². The largest absolute Gasteiger partial charge is 0.396 e. The molecule has 0 unspecified atom stereocenters. The van der Waals surface area contributed by atoms with E-state index >= 15 is 0 Å². The van der Waals surface area contributed by atoms with Crippen LogP contribution >= 0.6 is 0 Å². The van der Waals surface area contributed by atoms with Crippen LogP contribution in [0.3, 0.4) is 0 Å². The van der Waals surface area contributed by atoms with E-state index in [0.29, 0.717) is 0 Å². The summed E-state index contributed by atoms with van der Waals surface area (Å²) in [5.74, 6) is -1.73. The van der Waals surface area contributed by atoms with Gasteiger partial charge in [0.2, 0.25) is 0 Å². The molecule has 1 aliphatic carbocycles. The van der Waals surface area contributed by atoms with Gasteiger partial charge >= 0.3 is 6.18 Å². The summed E-state index contributed by atoms with van der Waals surface area (Å²) in [4.78, 5) is 0. The summed E-state index contributed by atoms with van der Waals surface area (Å²) in [6, 6.07) is 0. The molecular weight excluding hydrogens is 133 g/mol. The third kappa shape index (κ3) is 1.36. The number of hydrogen-bond donors (Lipinski definition) is 1. The molecule has 0 bridgehead atoms. The average Bonchev–Trinajstić information content (AvgIpc) is 2.39. The maximum atomic E-state index is 11.6. The zero-order chi connectivity index (χ0) is 7.07. The minimum absolute atomic E-state index is 0.111. The van der Waals surface area contributed by atoms with Gasteiger partial charge in [-0.1, -0.05) is 0 Å². The highest BCUT2D eigenvalue weighted by atomic mass is 19.4. The second-order valence-electron chi connectivity index (χ2n) is 2.33. The van der Waals surface area contributed by atoms with E-state index in [4.69, 9.17) is 5.11 Å². The van der Waals surface area contributed by atoms with Gasteiger partial charge in [-0.3, -0.25) is 0 Å². The average molecular weight is 140 g/mol. The molecule has 0 heterocycles.